The first-order valence-corrected chi connectivity index (χ1v) is 7.13. The number of nitrogens with zero attached hydrogens (tertiary/aromatic N) is 1. The third-order valence-electron chi connectivity index (χ3n) is 3.30. The van der Waals surface area contributed by atoms with Gasteiger partial charge in [-0.25, -0.2) is 9.59 Å². The smallest absolute Gasteiger partial charge is 0.351 e. The Bertz CT molecular complexity index is 699. The number of hydrogen-bond donors (Lipinski definition) is 1. The molecule has 0 aliphatic heterocycles. The second-order valence-corrected chi connectivity index (χ2v) is 4.96. The third kappa shape index (κ3) is 3.24. The highest BCUT2D eigenvalue weighted by Gasteiger charge is 2.13. The van der Waals surface area contributed by atoms with Crippen LogP contribution in [0.5, 0.6) is 0 Å². The summed E-state index contributed by atoms with van der Waals surface area (Å²) < 4.78 is 5.14. The Labute approximate surface area is 122 Å². The Morgan fingerprint density at radius 2 is 1.86 bits per heavy atom. The summed E-state index contributed by atoms with van der Waals surface area (Å²) in [5.74, 6) is -1.27. The molecule has 0 radical (unpaired) electrons. The molecule has 0 bridgehead atoms. The van der Waals surface area contributed by atoms with E-state index in [0.29, 0.717) is 11.0 Å². The monoisotopic (exact) mass is 289 g/mol. The minimum atomic E-state index is -1.27. The van der Waals surface area contributed by atoms with Crippen LogP contribution in [0.4, 0.5) is 5.69 Å². The fourth-order valence-corrected chi connectivity index (χ4v) is 2.36. The molecule has 0 saturated carbocycles. The summed E-state index contributed by atoms with van der Waals surface area (Å²) in [6, 6.07) is 6.88. The first-order valence-electron chi connectivity index (χ1n) is 7.13. The maximum Gasteiger partial charge on any atom is 0.351 e. The second-order valence-electron chi connectivity index (χ2n) is 4.96. The van der Waals surface area contributed by atoms with Gasteiger partial charge in [0, 0.05) is 30.2 Å². The van der Waals surface area contributed by atoms with Crippen LogP contribution in [-0.2, 0) is 0 Å². The van der Waals surface area contributed by atoms with Crippen LogP contribution in [0.15, 0.2) is 33.5 Å². The van der Waals surface area contributed by atoms with Crippen molar-refractivity contribution in [2.45, 2.75) is 26.7 Å². The summed E-state index contributed by atoms with van der Waals surface area (Å²) in [7, 11) is 0. The van der Waals surface area contributed by atoms with E-state index >= 15 is 0 Å². The number of hydrogen-bond acceptors (Lipinski definition) is 4. The van der Waals surface area contributed by atoms with Gasteiger partial charge in [-0.15, -0.1) is 0 Å². The SMILES string of the molecule is CCCN(CCC)c1ccc2cc(C(=O)O)c(=O)oc2c1. The van der Waals surface area contributed by atoms with E-state index in [2.05, 4.69) is 18.7 Å². The molecule has 5 heteroatoms. The van der Waals surface area contributed by atoms with Gasteiger partial charge in [-0.3, -0.25) is 0 Å². The average molecular weight is 289 g/mol. The van der Waals surface area contributed by atoms with Crippen molar-refractivity contribution < 1.29 is 14.3 Å². The van der Waals surface area contributed by atoms with Crippen molar-refractivity contribution in [3.8, 4) is 0 Å². The van der Waals surface area contributed by atoms with Crippen molar-refractivity contribution in [1.82, 2.24) is 0 Å². The minimum absolute atomic E-state index is 0.339. The quantitative estimate of drug-likeness (QED) is 0.827. The standard InChI is InChI=1S/C16H19NO4/c1-3-7-17(8-4-2)12-6-5-11-9-13(15(18)19)16(20)21-14(11)10-12/h5-6,9-10H,3-4,7-8H2,1-2H3,(H,18,19). The molecular weight excluding hydrogens is 270 g/mol. The number of carboxylic acids is 1. The molecule has 1 aromatic carbocycles. The Morgan fingerprint density at radius 3 is 2.43 bits per heavy atom. The molecule has 112 valence electrons. The molecule has 21 heavy (non-hydrogen) atoms. The normalized spacial score (nSPS) is 10.8. The van der Waals surface area contributed by atoms with Crippen LogP contribution >= 0.6 is 0 Å². The zero-order valence-corrected chi connectivity index (χ0v) is 12.3. The largest absolute Gasteiger partial charge is 0.477 e. The number of rotatable bonds is 6. The van der Waals surface area contributed by atoms with Gasteiger partial charge >= 0.3 is 11.6 Å². The fraction of sp³-hybridized carbons (Fsp3) is 0.375. The van der Waals surface area contributed by atoms with E-state index in [9.17, 15) is 9.59 Å². The lowest BCUT2D eigenvalue weighted by Gasteiger charge is -2.23. The predicted molar refractivity (Wildman–Crippen MR) is 82.2 cm³/mol. The van der Waals surface area contributed by atoms with Crippen LogP contribution in [0, 0.1) is 0 Å². The molecular formula is C16H19NO4. The topological polar surface area (TPSA) is 70.8 Å². The molecule has 0 spiro atoms. The molecule has 0 saturated heterocycles. The molecule has 1 N–H and O–H groups in total. The summed E-state index contributed by atoms with van der Waals surface area (Å²) >= 11 is 0. The van der Waals surface area contributed by atoms with E-state index in [1.54, 1.807) is 12.1 Å². The van der Waals surface area contributed by atoms with Crippen LogP contribution in [0.3, 0.4) is 0 Å². The lowest BCUT2D eigenvalue weighted by Crippen LogP contribution is -2.24. The summed E-state index contributed by atoms with van der Waals surface area (Å²) in [6.07, 6.45) is 2.06. The average Bonchev–Trinajstić information content (AvgIpc) is 2.45. The van der Waals surface area contributed by atoms with Gasteiger partial charge in [-0.1, -0.05) is 13.8 Å². The van der Waals surface area contributed by atoms with Gasteiger partial charge in [0.25, 0.3) is 0 Å². The number of anilines is 1. The Morgan fingerprint density at radius 1 is 1.19 bits per heavy atom. The van der Waals surface area contributed by atoms with Gasteiger partial charge in [-0.2, -0.15) is 0 Å². The van der Waals surface area contributed by atoms with E-state index < -0.39 is 11.6 Å². The molecule has 2 aromatic rings. The zero-order valence-electron chi connectivity index (χ0n) is 12.3. The molecule has 5 nitrogen and oxygen atoms in total. The Balaban J connectivity index is 2.48. The Kier molecular flexibility index (Phi) is 4.62. The number of carboxylic acid groups (broad SMARTS) is 1. The second kappa shape index (κ2) is 6.43. The van der Waals surface area contributed by atoms with E-state index in [-0.39, 0.29) is 5.56 Å². The predicted octanol–water partition coefficient (Wildman–Crippen LogP) is 3.12. The summed E-state index contributed by atoms with van der Waals surface area (Å²) in [5.41, 5.74) is 0.246. The van der Waals surface area contributed by atoms with Gasteiger partial charge in [-0.05, 0) is 31.0 Å². The molecule has 1 heterocycles. The van der Waals surface area contributed by atoms with Crippen molar-refractivity contribution >= 4 is 22.6 Å². The van der Waals surface area contributed by atoms with Crippen molar-refractivity contribution in [2.75, 3.05) is 18.0 Å². The number of carbonyl (C=O) groups is 1. The minimum Gasteiger partial charge on any atom is -0.477 e. The maximum atomic E-state index is 11.6. The van der Waals surface area contributed by atoms with E-state index in [1.165, 1.54) is 6.07 Å². The first kappa shape index (κ1) is 15.1. The van der Waals surface area contributed by atoms with Crippen molar-refractivity contribution in [2.24, 2.45) is 0 Å². The number of benzene rings is 1. The third-order valence-corrected chi connectivity index (χ3v) is 3.30. The van der Waals surface area contributed by atoms with Crippen LogP contribution in [-0.4, -0.2) is 24.2 Å². The summed E-state index contributed by atoms with van der Waals surface area (Å²) in [5, 5.41) is 9.55. The first-order chi connectivity index (χ1) is 10.1. The number of fused-ring (bicyclic) bond motifs is 1. The fourth-order valence-electron chi connectivity index (χ4n) is 2.36. The lowest BCUT2D eigenvalue weighted by atomic mass is 10.1. The zero-order chi connectivity index (χ0) is 15.4. The van der Waals surface area contributed by atoms with Crippen molar-refractivity contribution in [3.63, 3.8) is 0 Å². The highest BCUT2D eigenvalue weighted by Crippen LogP contribution is 2.22. The summed E-state index contributed by atoms with van der Waals surface area (Å²) in [4.78, 5) is 24.8. The van der Waals surface area contributed by atoms with Crippen molar-refractivity contribution in [3.05, 3.63) is 40.2 Å². The number of aromatic carboxylic acids is 1. The van der Waals surface area contributed by atoms with Crippen LogP contribution in [0.25, 0.3) is 11.0 Å². The molecule has 0 fully saturated rings. The molecule has 0 unspecified atom stereocenters. The lowest BCUT2D eigenvalue weighted by molar-refractivity contribution is 0.0692. The van der Waals surface area contributed by atoms with Gasteiger partial charge < -0.3 is 14.4 Å². The molecule has 0 amide bonds. The molecule has 2 rings (SSSR count). The van der Waals surface area contributed by atoms with Gasteiger partial charge in [0.1, 0.15) is 11.1 Å². The van der Waals surface area contributed by atoms with Gasteiger partial charge in [0.15, 0.2) is 0 Å². The van der Waals surface area contributed by atoms with E-state index in [0.717, 1.165) is 31.6 Å². The molecule has 0 atom stereocenters. The van der Waals surface area contributed by atoms with Crippen LogP contribution in [0.2, 0.25) is 0 Å². The maximum absolute atomic E-state index is 11.6. The molecule has 1 aromatic heterocycles. The van der Waals surface area contributed by atoms with E-state index in [1.807, 2.05) is 6.07 Å². The van der Waals surface area contributed by atoms with Crippen LogP contribution < -0.4 is 10.5 Å². The van der Waals surface area contributed by atoms with Gasteiger partial charge in [0.05, 0.1) is 0 Å². The highest BCUT2D eigenvalue weighted by molar-refractivity contribution is 5.92. The molecule has 0 aliphatic carbocycles. The van der Waals surface area contributed by atoms with Gasteiger partial charge in [0.2, 0.25) is 0 Å². The highest BCUT2D eigenvalue weighted by atomic mass is 16.4. The Hall–Kier alpha value is -2.30. The summed E-state index contributed by atoms with van der Waals surface area (Å²) in [6.45, 7) is 6.08. The van der Waals surface area contributed by atoms with Crippen molar-refractivity contribution in [1.29, 1.82) is 0 Å². The van der Waals surface area contributed by atoms with E-state index in [4.69, 9.17) is 9.52 Å². The van der Waals surface area contributed by atoms with Crippen LogP contribution in [0.1, 0.15) is 37.0 Å². The molecule has 0 aliphatic rings.